The number of thiophene rings is 1. The van der Waals surface area contributed by atoms with Crippen LogP contribution in [-0.2, 0) is 6.42 Å². The molecular formula is C52H33NO2S. The summed E-state index contributed by atoms with van der Waals surface area (Å²) < 4.78 is 15.5. The van der Waals surface area contributed by atoms with E-state index in [0.717, 1.165) is 79.7 Å². The van der Waals surface area contributed by atoms with Gasteiger partial charge in [0.15, 0.2) is 0 Å². The summed E-state index contributed by atoms with van der Waals surface area (Å²) in [5.74, 6) is 0.980. The van der Waals surface area contributed by atoms with E-state index in [2.05, 4.69) is 181 Å². The second kappa shape index (κ2) is 12.3. The highest BCUT2D eigenvalue weighted by Gasteiger charge is 2.20. The maximum absolute atomic E-state index is 6.53. The number of benzene rings is 8. The maximum atomic E-state index is 6.53. The minimum absolute atomic E-state index is 0.901. The van der Waals surface area contributed by atoms with Crippen molar-refractivity contribution in [1.82, 2.24) is 0 Å². The van der Waals surface area contributed by atoms with E-state index in [4.69, 9.17) is 8.83 Å². The molecule has 0 bridgehead atoms. The topological polar surface area (TPSA) is 29.5 Å². The van der Waals surface area contributed by atoms with Crippen molar-refractivity contribution >= 4 is 98.3 Å². The van der Waals surface area contributed by atoms with Gasteiger partial charge in [-0.05, 0) is 107 Å². The fraction of sp³-hybridized carbons (Fsp3) is 0.0385. The van der Waals surface area contributed by atoms with Crippen LogP contribution in [0.2, 0.25) is 0 Å². The molecule has 0 fully saturated rings. The highest BCUT2D eigenvalue weighted by atomic mass is 32.1. The van der Waals surface area contributed by atoms with E-state index in [0.29, 0.717) is 0 Å². The molecule has 1 aliphatic carbocycles. The number of allylic oxidation sites excluding steroid dienone is 1. The molecule has 3 aromatic heterocycles. The Balaban J connectivity index is 0.985. The molecule has 0 N–H and O–H groups in total. The lowest BCUT2D eigenvalue weighted by molar-refractivity contribution is 0.595. The summed E-state index contributed by atoms with van der Waals surface area (Å²) in [5.41, 5.74) is 12.1. The molecular weight excluding hydrogens is 703 g/mol. The van der Waals surface area contributed by atoms with Crippen LogP contribution in [0.15, 0.2) is 179 Å². The van der Waals surface area contributed by atoms with Crippen LogP contribution < -0.4 is 4.90 Å². The van der Waals surface area contributed by atoms with Crippen molar-refractivity contribution in [3.8, 4) is 22.3 Å². The average Bonchev–Trinajstić information content (AvgIpc) is 3.96. The van der Waals surface area contributed by atoms with Crippen molar-refractivity contribution in [3.63, 3.8) is 0 Å². The summed E-state index contributed by atoms with van der Waals surface area (Å²) >= 11 is 1.87. The maximum Gasteiger partial charge on any atom is 0.143 e. The van der Waals surface area contributed by atoms with Gasteiger partial charge in [0.1, 0.15) is 22.5 Å². The minimum Gasteiger partial charge on any atom is -0.456 e. The Morgan fingerprint density at radius 2 is 1.21 bits per heavy atom. The third-order valence-electron chi connectivity index (χ3n) is 11.6. The van der Waals surface area contributed by atoms with Crippen molar-refractivity contribution < 1.29 is 8.83 Å². The highest BCUT2D eigenvalue weighted by Crippen LogP contribution is 2.44. The van der Waals surface area contributed by atoms with Gasteiger partial charge in [-0.15, -0.1) is 11.3 Å². The van der Waals surface area contributed by atoms with Crippen LogP contribution >= 0.6 is 11.3 Å². The first-order chi connectivity index (χ1) is 27.7. The lowest BCUT2D eigenvalue weighted by Crippen LogP contribution is -2.10. The molecule has 4 heteroatoms. The Labute approximate surface area is 327 Å². The Morgan fingerprint density at radius 1 is 0.500 bits per heavy atom. The molecule has 3 nitrogen and oxygen atoms in total. The van der Waals surface area contributed by atoms with E-state index in [1.165, 1.54) is 47.6 Å². The zero-order chi connectivity index (χ0) is 36.7. The summed E-state index contributed by atoms with van der Waals surface area (Å²) in [6.07, 6.45) is 6.34. The zero-order valence-electron chi connectivity index (χ0n) is 30.3. The van der Waals surface area contributed by atoms with Gasteiger partial charge < -0.3 is 13.7 Å². The molecule has 0 spiro atoms. The largest absolute Gasteiger partial charge is 0.456 e. The SMILES string of the molecule is C1=Cc2oc3ccc(N(c4ccc(-c5cccc6c5sc5ccccc56)cc4)c4ccc(-c5cccc6oc7c8ccccc8ccc7c56)cc4)cc3c2CC1. The van der Waals surface area contributed by atoms with Gasteiger partial charge in [0.25, 0.3) is 0 Å². The third kappa shape index (κ3) is 4.83. The molecule has 12 rings (SSSR count). The first kappa shape index (κ1) is 31.5. The number of anilines is 3. The van der Waals surface area contributed by atoms with E-state index < -0.39 is 0 Å². The molecule has 0 atom stereocenters. The summed E-state index contributed by atoms with van der Waals surface area (Å²) in [5, 5.41) is 8.41. The van der Waals surface area contributed by atoms with Crippen LogP contribution in [0.1, 0.15) is 17.7 Å². The highest BCUT2D eigenvalue weighted by molar-refractivity contribution is 7.26. The van der Waals surface area contributed by atoms with Crippen LogP contribution in [0.25, 0.3) is 92.2 Å². The summed E-state index contributed by atoms with van der Waals surface area (Å²) in [7, 11) is 0. The van der Waals surface area contributed by atoms with Gasteiger partial charge in [-0.2, -0.15) is 0 Å². The molecule has 11 aromatic rings. The van der Waals surface area contributed by atoms with Crippen molar-refractivity contribution in [2.24, 2.45) is 0 Å². The van der Waals surface area contributed by atoms with Crippen molar-refractivity contribution in [3.05, 3.63) is 181 Å². The molecule has 264 valence electrons. The number of nitrogens with zero attached hydrogens (tertiary/aromatic N) is 1. The number of fused-ring (bicyclic) bond motifs is 11. The smallest absolute Gasteiger partial charge is 0.143 e. The average molecular weight is 736 g/mol. The molecule has 3 heterocycles. The first-order valence-corrected chi connectivity index (χ1v) is 20.0. The predicted octanol–water partition coefficient (Wildman–Crippen LogP) is 15.6. The quantitative estimate of drug-likeness (QED) is 0.176. The second-order valence-electron chi connectivity index (χ2n) is 14.7. The Kier molecular flexibility index (Phi) is 6.92. The van der Waals surface area contributed by atoms with E-state index in [9.17, 15) is 0 Å². The first-order valence-electron chi connectivity index (χ1n) is 19.2. The standard InChI is InChI=1S/C52H33NO2S/c1-2-10-39-32(9-1)23-29-44-50-38(13-8-17-48(50)55-51(39)44)33-19-24-35(25-20-33)53(37-28-30-47-45(31-37)41-11-3-5-16-46(41)54-47)36-26-21-34(22-27-36)40-14-7-15-43-42-12-4-6-18-49(42)56-52(40)43/h1-2,4-10,12-31H,3,11H2. The van der Waals surface area contributed by atoms with Gasteiger partial charge in [-0.25, -0.2) is 0 Å². The van der Waals surface area contributed by atoms with Crippen LogP contribution in [0.5, 0.6) is 0 Å². The van der Waals surface area contributed by atoms with Gasteiger partial charge in [-0.3, -0.25) is 0 Å². The molecule has 0 saturated carbocycles. The summed E-state index contributed by atoms with van der Waals surface area (Å²) in [6.45, 7) is 0. The molecule has 56 heavy (non-hydrogen) atoms. The van der Waals surface area contributed by atoms with Gasteiger partial charge in [-0.1, -0.05) is 109 Å². The number of hydrogen-bond donors (Lipinski definition) is 0. The second-order valence-corrected chi connectivity index (χ2v) is 15.8. The van der Waals surface area contributed by atoms with Crippen LogP contribution in [0.4, 0.5) is 17.1 Å². The third-order valence-corrected chi connectivity index (χ3v) is 12.8. The molecule has 8 aromatic carbocycles. The van der Waals surface area contributed by atoms with Gasteiger partial charge in [0.2, 0.25) is 0 Å². The van der Waals surface area contributed by atoms with Crippen molar-refractivity contribution in [2.45, 2.75) is 12.8 Å². The fourth-order valence-electron chi connectivity index (χ4n) is 8.90. The summed E-state index contributed by atoms with van der Waals surface area (Å²) in [4.78, 5) is 2.37. The fourth-order valence-corrected chi connectivity index (χ4v) is 10.1. The van der Waals surface area contributed by atoms with E-state index in [1.807, 2.05) is 11.3 Å². The van der Waals surface area contributed by atoms with Crippen molar-refractivity contribution in [1.29, 1.82) is 0 Å². The molecule has 0 unspecified atom stereocenters. The van der Waals surface area contributed by atoms with Crippen LogP contribution in [0.3, 0.4) is 0 Å². The predicted molar refractivity (Wildman–Crippen MR) is 237 cm³/mol. The summed E-state index contributed by atoms with van der Waals surface area (Å²) in [6, 6.07) is 59.3. The minimum atomic E-state index is 0.901. The van der Waals surface area contributed by atoms with E-state index in [1.54, 1.807) is 0 Å². The Morgan fingerprint density at radius 3 is 2.07 bits per heavy atom. The van der Waals surface area contributed by atoms with Gasteiger partial charge >= 0.3 is 0 Å². The lowest BCUT2D eigenvalue weighted by Gasteiger charge is -2.26. The van der Waals surface area contributed by atoms with E-state index in [-0.39, 0.29) is 0 Å². The molecule has 0 amide bonds. The number of hydrogen-bond acceptors (Lipinski definition) is 4. The van der Waals surface area contributed by atoms with Crippen LogP contribution in [-0.4, -0.2) is 0 Å². The van der Waals surface area contributed by atoms with Gasteiger partial charge in [0.05, 0.1) is 0 Å². The number of aryl methyl sites for hydroxylation is 1. The normalized spacial score (nSPS) is 12.8. The Hall–Kier alpha value is -6.88. The number of furan rings is 2. The Bertz CT molecular complexity index is 3360. The molecule has 1 aliphatic rings. The monoisotopic (exact) mass is 735 g/mol. The number of rotatable bonds is 5. The van der Waals surface area contributed by atoms with E-state index >= 15 is 0 Å². The molecule has 0 saturated heterocycles. The molecule has 0 aliphatic heterocycles. The van der Waals surface area contributed by atoms with Crippen LogP contribution in [0, 0.1) is 0 Å². The van der Waals surface area contributed by atoms with Crippen molar-refractivity contribution in [2.75, 3.05) is 4.90 Å². The zero-order valence-corrected chi connectivity index (χ0v) is 31.1. The lowest BCUT2D eigenvalue weighted by atomic mass is 9.97. The van der Waals surface area contributed by atoms with Gasteiger partial charge in [0, 0.05) is 64.3 Å². The molecule has 0 radical (unpaired) electrons.